The number of carboxylic acid groups (broad SMARTS) is 1. The fourth-order valence-corrected chi connectivity index (χ4v) is 4.70. The summed E-state index contributed by atoms with van der Waals surface area (Å²) in [7, 11) is 0. The zero-order chi connectivity index (χ0) is 22.8. The van der Waals surface area contributed by atoms with Crippen LogP contribution in [0.1, 0.15) is 22.6 Å². The summed E-state index contributed by atoms with van der Waals surface area (Å²) >= 11 is 12.1. The highest BCUT2D eigenvalue weighted by Crippen LogP contribution is 2.44. The van der Waals surface area contributed by atoms with Crippen LogP contribution >= 0.6 is 23.2 Å². The molecule has 0 bridgehead atoms. The fraction of sp³-hybridized carbons (Fsp3) is 0.200. The van der Waals surface area contributed by atoms with Crippen LogP contribution in [0.15, 0.2) is 66.7 Å². The topological polar surface area (TPSA) is 89.6 Å². The molecule has 1 aliphatic rings. The van der Waals surface area contributed by atoms with Crippen LogP contribution in [-0.2, 0) is 20.7 Å². The number of hydrogen-bond donors (Lipinski definition) is 2. The van der Waals surface area contributed by atoms with Gasteiger partial charge in [0.05, 0.1) is 0 Å². The molecule has 7 heteroatoms. The highest BCUT2D eigenvalue weighted by atomic mass is 35.5. The Kier molecular flexibility index (Phi) is 6.51. The summed E-state index contributed by atoms with van der Waals surface area (Å²) in [6, 6.07) is 19.7. The maximum absolute atomic E-state index is 12.8. The normalized spacial score (nSPS) is 14.3. The van der Waals surface area contributed by atoms with Crippen LogP contribution in [-0.4, -0.2) is 29.7 Å². The minimum atomic E-state index is -1.52. The Hall–Kier alpha value is -2.86. The molecular formula is C25H21Cl2NO4. The van der Waals surface area contributed by atoms with Crippen LogP contribution in [0.5, 0.6) is 0 Å². The van der Waals surface area contributed by atoms with Crippen LogP contribution in [0.2, 0.25) is 10.0 Å². The predicted octanol–water partition coefficient (Wildman–Crippen LogP) is 4.92. The van der Waals surface area contributed by atoms with Gasteiger partial charge >= 0.3 is 11.9 Å². The Labute approximate surface area is 195 Å². The summed E-state index contributed by atoms with van der Waals surface area (Å²) in [5.74, 6) is -3.88. The van der Waals surface area contributed by atoms with E-state index in [1.54, 1.807) is 18.2 Å². The molecule has 0 radical (unpaired) electrons. The van der Waals surface area contributed by atoms with Gasteiger partial charge in [-0.3, -0.25) is 9.59 Å². The maximum Gasteiger partial charge on any atom is 0.321 e. The molecule has 0 aliphatic heterocycles. The van der Waals surface area contributed by atoms with Crippen LogP contribution in [0, 0.1) is 5.92 Å². The number of benzene rings is 3. The first-order chi connectivity index (χ1) is 15.4. The Morgan fingerprint density at radius 1 is 0.969 bits per heavy atom. The molecule has 164 valence electrons. The lowest BCUT2D eigenvalue weighted by Crippen LogP contribution is -2.43. The number of carbonyl (C=O) groups is 2. The smallest absolute Gasteiger partial charge is 0.321 e. The SMILES string of the molecule is N[C@@H](Cc1ccc(Cl)cc1Cl)[C@@H](C(=O)O)C(=O)OCC1c2ccccc2-c2ccccc21. The van der Waals surface area contributed by atoms with E-state index in [4.69, 9.17) is 33.7 Å². The van der Waals surface area contributed by atoms with E-state index in [1.807, 2.05) is 48.5 Å². The van der Waals surface area contributed by atoms with E-state index in [1.165, 1.54) is 0 Å². The summed E-state index contributed by atoms with van der Waals surface area (Å²) in [5.41, 5.74) is 11.0. The van der Waals surface area contributed by atoms with Crippen LogP contribution in [0.25, 0.3) is 11.1 Å². The second kappa shape index (κ2) is 9.33. The highest BCUT2D eigenvalue weighted by molar-refractivity contribution is 6.35. The van der Waals surface area contributed by atoms with Crippen molar-refractivity contribution in [3.63, 3.8) is 0 Å². The third-order valence-electron chi connectivity index (χ3n) is 5.77. The van der Waals surface area contributed by atoms with E-state index >= 15 is 0 Å². The molecule has 0 saturated carbocycles. The maximum atomic E-state index is 12.8. The number of hydrogen-bond acceptors (Lipinski definition) is 4. The van der Waals surface area contributed by atoms with Gasteiger partial charge in [-0.2, -0.15) is 0 Å². The molecule has 3 aromatic rings. The average molecular weight is 470 g/mol. The second-order valence-electron chi connectivity index (χ2n) is 7.78. The summed E-state index contributed by atoms with van der Waals surface area (Å²) < 4.78 is 5.52. The van der Waals surface area contributed by atoms with E-state index in [9.17, 15) is 14.7 Å². The fourth-order valence-electron chi connectivity index (χ4n) is 4.21. The molecule has 1 aliphatic carbocycles. The number of esters is 1. The number of rotatable bonds is 7. The number of aliphatic carboxylic acids is 1. The molecule has 3 N–H and O–H groups in total. The number of ether oxygens (including phenoxy) is 1. The molecular weight excluding hydrogens is 449 g/mol. The first kappa shape index (κ1) is 22.3. The lowest BCUT2D eigenvalue weighted by molar-refractivity contribution is -0.159. The van der Waals surface area contributed by atoms with Crippen molar-refractivity contribution in [3.05, 3.63) is 93.5 Å². The van der Waals surface area contributed by atoms with Crippen molar-refractivity contribution in [3.8, 4) is 11.1 Å². The zero-order valence-electron chi connectivity index (χ0n) is 17.0. The van der Waals surface area contributed by atoms with Gasteiger partial charge in [-0.05, 0) is 46.4 Å². The van der Waals surface area contributed by atoms with Gasteiger partial charge < -0.3 is 15.6 Å². The van der Waals surface area contributed by atoms with Crippen molar-refractivity contribution in [1.82, 2.24) is 0 Å². The molecule has 0 saturated heterocycles. The van der Waals surface area contributed by atoms with Crippen LogP contribution in [0.4, 0.5) is 0 Å². The first-order valence-corrected chi connectivity index (χ1v) is 10.9. The lowest BCUT2D eigenvalue weighted by atomic mass is 9.94. The van der Waals surface area contributed by atoms with E-state index in [2.05, 4.69) is 0 Å². The summed E-state index contributed by atoms with van der Waals surface area (Å²) in [5, 5.41) is 10.5. The van der Waals surface area contributed by atoms with Gasteiger partial charge in [-0.1, -0.05) is 77.8 Å². The van der Waals surface area contributed by atoms with E-state index in [-0.39, 0.29) is 18.9 Å². The van der Waals surface area contributed by atoms with E-state index in [0.29, 0.717) is 15.6 Å². The standard InChI is InChI=1S/C25H21Cl2NO4/c26-15-10-9-14(21(27)12-15)11-22(28)23(24(29)30)25(31)32-13-20-18-7-3-1-5-16(18)17-6-2-4-8-19(17)20/h1-10,12,20,22-23H,11,13,28H2,(H,29,30)/t22-,23-/m0/s1. The van der Waals surface area contributed by atoms with E-state index < -0.39 is 23.9 Å². The van der Waals surface area contributed by atoms with Crippen molar-refractivity contribution in [2.45, 2.75) is 18.4 Å². The molecule has 5 nitrogen and oxygen atoms in total. The van der Waals surface area contributed by atoms with Crippen molar-refractivity contribution in [2.75, 3.05) is 6.61 Å². The van der Waals surface area contributed by atoms with Crippen molar-refractivity contribution >= 4 is 35.1 Å². The van der Waals surface area contributed by atoms with Gasteiger partial charge in [0.1, 0.15) is 6.61 Å². The highest BCUT2D eigenvalue weighted by Gasteiger charge is 2.36. The van der Waals surface area contributed by atoms with Crippen LogP contribution in [0.3, 0.4) is 0 Å². The van der Waals surface area contributed by atoms with Crippen LogP contribution < -0.4 is 5.73 Å². The van der Waals surface area contributed by atoms with Crippen molar-refractivity contribution < 1.29 is 19.4 Å². The van der Waals surface area contributed by atoms with Gasteiger partial charge in [-0.25, -0.2) is 0 Å². The number of fused-ring (bicyclic) bond motifs is 3. The predicted molar refractivity (Wildman–Crippen MR) is 124 cm³/mol. The van der Waals surface area contributed by atoms with E-state index in [0.717, 1.165) is 22.3 Å². The molecule has 3 aromatic carbocycles. The van der Waals surface area contributed by atoms with Gasteiger partial charge in [0.2, 0.25) is 0 Å². The number of carbonyl (C=O) groups excluding carboxylic acids is 1. The molecule has 2 atom stereocenters. The molecule has 0 heterocycles. The zero-order valence-corrected chi connectivity index (χ0v) is 18.5. The third-order valence-corrected chi connectivity index (χ3v) is 6.36. The monoisotopic (exact) mass is 469 g/mol. The molecule has 0 amide bonds. The lowest BCUT2D eigenvalue weighted by Gasteiger charge is -2.21. The largest absolute Gasteiger partial charge is 0.481 e. The number of carboxylic acids is 1. The van der Waals surface area contributed by atoms with Gasteiger partial charge in [0, 0.05) is 22.0 Å². The molecule has 0 unspecified atom stereocenters. The molecule has 32 heavy (non-hydrogen) atoms. The Balaban J connectivity index is 1.50. The van der Waals surface area contributed by atoms with Gasteiger partial charge in [-0.15, -0.1) is 0 Å². The Morgan fingerprint density at radius 3 is 2.12 bits per heavy atom. The van der Waals surface area contributed by atoms with Gasteiger partial charge in [0.15, 0.2) is 5.92 Å². The molecule has 0 fully saturated rings. The summed E-state index contributed by atoms with van der Waals surface area (Å²) in [4.78, 5) is 24.7. The van der Waals surface area contributed by atoms with Gasteiger partial charge in [0.25, 0.3) is 0 Å². The molecule has 4 rings (SSSR count). The van der Waals surface area contributed by atoms with Crippen molar-refractivity contribution in [1.29, 1.82) is 0 Å². The van der Waals surface area contributed by atoms with Crippen molar-refractivity contribution in [2.24, 2.45) is 11.7 Å². The number of nitrogens with two attached hydrogens (primary N) is 1. The minimum absolute atomic E-state index is 0.0328. The minimum Gasteiger partial charge on any atom is -0.481 e. The average Bonchev–Trinajstić information content (AvgIpc) is 3.08. The quantitative estimate of drug-likeness (QED) is 0.378. The summed E-state index contributed by atoms with van der Waals surface area (Å²) in [6.07, 6.45) is 0.0944. The summed E-state index contributed by atoms with van der Waals surface area (Å²) in [6.45, 7) is 0.0328. The Bertz CT molecular complexity index is 1130. The Morgan fingerprint density at radius 2 is 1.56 bits per heavy atom. The first-order valence-electron chi connectivity index (χ1n) is 10.1. The number of halogens is 2. The molecule has 0 aromatic heterocycles. The molecule has 0 spiro atoms. The second-order valence-corrected chi connectivity index (χ2v) is 8.62. The third kappa shape index (κ3) is 4.37.